The lowest BCUT2D eigenvalue weighted by atomic mass is 9.79. The van der Waals surface area contributed by atoms with Gasteiger partial charge < -0.3 is 4.74 Å². The Morgan fingerprint density at radius 3 is 2.38 bits per heavy atom. The van der Waals surface area contributed by atoms with E-state index in [0.717, 1.165) is 17.7 Å². The zero-order valence-corrected chi connectivity index (χ0v) is 15.9. The van der Waals surface area contributed by atoms with Crippen molar-refractivity contribution in [3.05, 3.63) is 58.7 Å². The summed E-state index contributed by atoms with van der Waals surface area (Å²) in [5.41, 5.74) is 3.37. The summed E-state index contributed by atoms with van der Waals surface area (Å²) in [4.78, 5) is 0. The molecule has 1 aliphatic carbocycles. The summed E-state index contributed by atoms with van der Waals surface area (Å²) < 4.78 is 6.18. The van der Waals surface area contributed by atoms with Gasteiger partial charge in [-0.3, -0.25) is 0 Å². The van der Waals surface area contributed by atoms with E-state index in [4.69, 9.17) is 4.74 Å². The molecule has 3 nitrogen and oxygen atoms in total. The van der Waals surface area contributed by atoms with Crippen LogP contribution in [0.25, 0.3) is 0 Å². The van der Waals surface area contributed by atoms with Crippen LogP contribution in [0.15, 0.2) is 36.4 Å². The molecule has 0 amide bonds. The molecule has 3 rings (SSSR count). The zero-order valence-electron chi connectivity index (χ0n) is 15.9. The van der Waals surface area contributed by atoms with Gasteiger partial charge in [0.15, 0.2) is 0 Å². The van der Waals surface area contributed by atoms with Gasteiger partial charge in [-0.15, -0.1) is 0 Å². The summed E-state index contributed by atoms with van der Waals surface area (Å²) >= 11 is 0. The van der Waals surface area contributed by atoms with Crippen LogP contribution in [0.2, 0.25) is 0 Å². The van der Waals surface area contributed by atoms with Gasteiger partial charge in [-0.25, -0.2) is 0 Å². The maximum Gasteiger partial charge on any atom is 0.146 e. The van der Waals surface area contributed by atoms with E-state index >= 15 is 0 Å². The van der Waals surface area contributed by atoms with Crippen LogP contribution < -0.4 is 4.74 Å². The molecule has 0 radical (unpaired) electrons. The fourth-order valence-corrected chi connectivity index (χ4v) is 3.13. The number of hydrogen-bond donors (Lipinski definition) is 0. The maximum absolute atomic E-state index is 9.46. The third-order valence-corrected chi connectivity index (χ3v) is 5.77. The van der Waals surface area contributed by atoms with Crippen molar-refractivity contribution in [2.24, 2.45) is 0 Å². The van der Waals surface area contributed by atoms with E-state index < -0.39 is 0 Å². The Morgan fingerprint density at radius 1 is 1.08 bits per heavy atom. The fraction of sp³-hybridized carbons (Fsp3) is 0.391. The standard InChI is InChI=1S/C23H24N2O/c1-5-22(2,3)19-13-17(23(4)11-12-23)9-10-21(19)26-20-8-6-7-16(14-24)18(20)15-25/h6-10,13H,5,11-12H2,1-4H3. The maximum atomic E-state index is 9.46. The molecule has 0 atom stereocenters. The molecule has 3 heteroatoms. The summed E-state index contributed by atoms with van der Waals surface area (Å²) in [6, 6.07) is 15.7. The van der Waals surface area contributed by atoms with Gasteiger partial charge in [0.1, 0.15) is 29.2 Å². The van der Waals surface area contributed by atoms with Crippen molar-refractivity contribution in [3.8, 4) is 23.6 Å². The summed E-state index contributed by atoms with van der Waals surface area (Å²) in [5, 5.41) is 18.7. The molecule has 2 aromatic rings. The quantitative estimate of drug-likeness (QED) is 0.672. The van der Waals surface area contributed by atoms with Crippen molar-refractivity contribution in [2.75, 3.05) is 0 Å². The number of benzene rings is 2. The molecule has 132 valence electrons. The molecule has 26 heavy (non-hydrogen) atoms. The molecular formula is C23H24N2O. The number of nitrogens with zero attached hydrogens (tertiary/aromatic N) is 2. The summed E-state index contributed by atoms with van der Waals surface area (Å²) in [5.74, 6) is 1.20. The normalized spacial score (nSPS) is 15.0. The van der Waals surface area contributed by atoms with Crippen LogP contribution in [0.3, 0.4) is 0 Å². The van der Waals surface area contributed by atoms with Crippen LogP contribution >= 0.6 is 0 Å². The molecule has 2 aromatic carbocycles. The highest BCUT2D eigenvalue weighted by Gasteiger charge is 2.40. The fourth-order valence-electron chi connectivity index (χ4n) is 3.13. The molecule has 0 bridgehead atoms. The van der Waals surface area contributed by atoms with E-state index in [0.29, 0.717) is 11.3 Å². The molecule has 0 aromatic heterocycles. The Morgan fingerprint density at radius 2 is 1.81 bits per heavy atom. The van der Waals surface area contributed by atoms with E-state index in [1.54, 1.807) is 18.2 Å². The molecule has 0 unspecified atom stereocenters. The van der Waals surface area contributed by atoms with E-state index in [9.17, 15) is 10.5 Å². The summed E-state index contributed by atoms with van der Waals surface area (Å²) in [7, 11) is 0. The second kappa shape index (κ2) is 6.50. The molecule has 1 fully saturated rings. The van der Waals surface area contributed by atoms with Crippen LogP contribution in [-0.4, -0.2) is 0 Å². The lowest BCUT2D eigenvalue weighted by Gasteiger charge is -2.28. The average molecular weight is 344 g/mol. The van der Waals surface area contributed by atoms with Gasteiger partial charge in [-0.1, -0.05) is 45.9 Å². The molecule has 0 spiro atoms. The minimum Gasteiger partial charge on any atom is -0.456 e. The van der Waals surface area contributed by atoms with Crippen molar-refractivity contribution in [2.45, 2.75) is 57.8 Å². The van der Waals surface area contributed by atoms with Gasteiger partial charge in [0, 0.05) is 5.56 Å². The molecule has 0 aliphatic heterocycles. The molecule has 1 aliphatic rings. The van der Waals surface area contributed by atoms with Gasteiger partial charge in [0.25, 0.3) is 0 Å². The van der Waals surface area contributed by atoms with Gasteiger partial charge in [-0.2, -0.15) is 10.5 Å². The third kappa shape index (κ3) is 3.18. The van der Waals surface area contributed by atoms with Gasteiger partial charge in [0.2, 0.25) is 0 Å². The first-order valence-corrected chi connectivity index (χ1v) is 9.11. The van der Waals surface area contributed by atoms with Crippen molar-refractivity contribution in [1.29, 1.82) is 10.5 Å². The number of ether oxygens (including phenoxy) is 1. The Bertz CT molecular complexity index is 924. The second-order valence-corrected chi connectivity index (χ2v) is 8.01. The van der Waals surface area contributed by atoms with Crippen molar-refractivity contribution in [3.63, 3.8) is 0 Å². The van der Waals surface area contributed by atoms with Crippen LogP contribution in [0, 0.1) is 22.7 Å². The van der Waals surface area contributed by atoms with Crippen molar-refractivity contribution < 1.29 is 4.74 Å². The highest BCUT2D eigenvalue weighted by atomic mass is 16.5. The number of nitriles is 2. The van der Waals surface area contributed by atoms with Crippen LogP contribution in [0.5, 0.6) is 11.5 Å². The number of hydrogen-bond acceptors (Lipinski definition) is 3. The van der Waals surface area contributed by atoms with E-state index in [1.807, 2.05) is 6.07 Å². The highest BCUT2D eigenvalue weighted by Crippen LogP contribution is 2.49. The van der Waals surface area contributed by atoms with Crippen LogP contribution in [-0.2, 0) is 10.8 Å². The first-order valence-electron chi connectivity index (χ1n) is 9.11. The van der Waals surface area contributed by atoms with Crippen molar-refractivity contribution >= 4 is 0 Å². The second-order valence-electron chi connectivity index (χ2n) is 8.01. The van der Waals surface area contributed by atoms with Crippen LogP contribution in [0.4, 0.5) is 0 Å². The molecule has 0 saturated heterocycles. The Kier molecular flexibility index (Phi) is 4.51. The predicted octanol–water partition coefficient (Wildman–Crippen LogP) is 5.96. The van der Waals surface area contributed by atoms with Gasteiger partial charge >= 0.3 is 0 Å². The Labute approximate surface area is 155 Å². The van der Waals surface area contributed by atoms with E-state index in [-0.39, 0.29) is 16.4 Å². The monoisotopic (exact) mass is 344 g/mol. The first-order chi connectivity index (χ1) is 12.3. The average Bonchev–Trinajstić information content (AvgIpc) is 3.40. The third-order valence-electron chi connectivity index (χ3n) is 5.77. The lowest BCUT2D eigenvalue weighted by Crippen LogP contribution is -2.18. The number of rotatable bonds is 5. The predicted molar refractivity (Wildman–Crippen MR) is 102 cm³/mol. The van der Waals surface area contributed by atoms with Crippen molar-refractivity contribution in [1.82, 2.24) is 0 Å². The minimum absolute atomic E-state index is 0.0454. The van der Waals surface area contributed by atoms with Gasteiger partial charge in [0.05, 0.1) is 5.56 Å². The molecular weight excluding hydrogens is 320 g/mol. The Hall–Kier alpha value is -2.78. The molecule has 0 N–H and O–H groups in total. The molecule has 1 saturated carbocycles. The Balaban J connectivity index is 2.09. The highest BCUT2D eigenvalue weighted by molar-refractivity contribution is 5.56. The topological polar surface area (TPSA) is 56.8 Å². The van der Waals surface area contributed by atoms with E-state index in [1.165, 1.54) is 18.4 Å². The molecule has 0 heterocycles. The van der Waals surface area contributed by atoms with Gasteiger partial charge in [-0.05, 0) is 53.9 Å². The zero-order chi connectivity index (χ0) is 18.9. The van der Waals surface area contributed by atoms with Crippen LogP contribution in [0.1, 0.15) is 69.2 Å². The smallest absolute Gasteiger partial charge is 0.146 e. The lowest BCUT2D eigenvalue weighted by molar-refractivity contribution is 0.434. The summed E-state index contributed by atoms with van der Waals surface area (Å²) in [6.07, 6.45) is 3.43. The largest absolute Gasteiger partial charge is 0.456 e. The summed E-state index contributed by atoms with van der Waals surface area (Å²) in [6.45, 7) is 8.90. The first kappa shape index (κ1) is 18.0. The SMILES string of the molecule is CCC(C)(C)c1cc(C2(C)CC2)ccc1Oc1cccc(C#N)c1C#N. The van der Waals surface area contributed by atoms with E-state index in [2.05, 4.69) is 52.0 Å². The minimum atomic E-state index is -0.0454.